The largest absolute Gasteiger partial charge is 0.327 e. The van der Waals surface area contributed by atoms with E-state index in [-0.39, 0.29) is 0 Å². The van der Waals surface area contributed by atoms with Gasteiger partial charge in [-0.3, -0.25) is 4.57 Å². The van der Waals surface area contributed by atoms with Crippen molar-refractivity contribution in [3.63, 3.8) is 0 Å². The first-order chi connectivity index (χ1) is 9.54. The van der Waals surface area contributed by atoms with E-state index in [0.29, 0.717) is 4.77 Å². The number of aryl methyl sites for hydroxylation is 3. The van der Waals surface area contributed by atoms with Crippen LogP contribution in [0.2, 0.25) is 0 Å². The number of aromatic amines is 1. The summed E-state index contributed by atoms with van der Waals surface area (Å²) in [5.41, 5.74) is 5.27. The van der Waals surface area contributed by atoms with Gasteiger partial charge in [-0.05, 0) is 53.1 Å². The molecule has 3 aromatic rings. The summed E-state index contributed by atoms with van der Waals surface area (Å²) in [5, 5.41) is 4.55. The van der Waals surface area contributed by atoms with E-state index < -0.39 is 0 Å². The number of hydrogen-bond acceptors (Lipinski definition) is 2. The number of nitrogens with zero attached hydrogens (tertiary/aromatic N) is 3. The number of benzene rings is 1. The number of aromatic nitrogens is 4. The molecule has 0 aliphatic carbocycles. The highest BCUT2D eigenvalue weighted by atomic mass is 79.9. The molecule has 0 spiro atoms. The molecule has 2 aromatic heterocycles. The van der Waals surface area contributed by atoms with Crippen LogP contribution in [0.3, 0.4) is 0 Å². The molecule has 0 atom stereocenters. The molecule has 4 nitrogen and oxygen atoms in total. The number of hydrogen-bond donors (Lipinski definition) is 1. The van der Waals surface area contributed by atoms with Crippen LogP contribution >= 0.6 is 28.1 Å². The highest BCUT2D eigenvalue weighted by Gasteiger charge is 2.17. The van der Waals surface area contributed by atoms with Gasteiger partial charge in [0.25, 0.3) is 0 Å². The molecule has 0 amide bonds. The average molecular weight is 351 g/mol. The van der Waals surface area contributed by atoms with E-state index in [1.54, 1.807) is 0 Å². The second-order valence-corrected chi connectivity index (χ2v) is 5.98. The number of halogens is 1. The van der Waals surface area contributed by atoms with E-state index in [2.05, 4.69) is 52.0 Å². The van der Waals surface area contributed by atoms with Crippen molar-refractivity contribution in [2.45, 2.75) is 20.3 Å². The van der Waals surface area contributed by atoms with Crippen molar-refractivity contribution < 1.29 is 0 Å². The molecule has 6 heteroatoms. The maximum atomic E-state index is 5.50. The molecule has 104 valence electrons. The number of imidazole rings is 1. The molecule has 3 rings (SSSR count). The fourth-order valence-corrected chi connectivity index (χ4v) is 3.22. The minimum absolute atomic E-state index is 0.689. The maximum Gasteiger partial charge on any atom is 0.184 e. The summed E-state index contributed by atoms with van der Waals surface area (Å²) in [5.74, 6) is 0. The van der Waals surface area contributed by atoms with E-state index in [4.69, 9.17) is 12.2 Å². The summed E-state index contributed by atoms with van der Waals surface area (Å²) >= 11 is 9.16. The Morgan fingerprint density at radius 2 is 2.15 bits per heavy atom. The predicted octanol–water partition coefficient (Wildman–Crippen LogP) is 4.05. The molecule has 2 heterocycles. The highest BCUT2D eigenvalue weighted by molar-refractivity contribution is 9.10. The van der Waals surface area contributed by atoms with Crippen molar-refractivity contribution in [1.82, 2.24) is 19.3 Å². The van der Waals surface area contributed by atoms with Crippen LogP contribution in [-0.4, -0.2) is 19.3 Å². The Hall–Kier alpha value is -1.40. The molecule has 0 saturated carbocycles. The summed E-state index contributed by atoms with van der Waals surface area (Å²) in [4.78, 5) is 3.29. The zero-order chi connectivity index (χ0) is 14.4. The van der Waals surface area contributed by atoms with Crippen molar-refractivity contribution in [1.29, 1.82) is 0 Å². The van der Waals surface area contributed by atoms with Gasteiger partial charge in [0.05, 0.1) is 11.4 Å². The monoisotopic (exact) mass is 350 g/mol. The lowest BCUT2D eigenvalue weighted by Gasteiger charge is -2.09. The van der Waals surface area contributed by atoms with Crippen molar-refractivity contribution in [3.05, 3.63) is 38.7 Å². The number of rotatable bonds is 2. The van der Waals surface area contributed by atoms with Gasteiger partial charge >= 0.3 is 0 Å². The van der Waals surface area contributed by atoms with Crippen LogP contribution in [0.1, 0.15) is 18.2 Å². The predicted molar refractivity (Wildman–Crippen MR) is 87.0 cm³/mol. The van der Waals surface area contributed by atoms with Crippen molar-refractivity contribution in [3.8, 4) is 5.69 Å². The summed E-state index contributed by atoms with van der Waals surface area (Å²) in [6.45, 7) is 4.17. The Balaban J connectivity index is 2.42. The first-order valence-corrected chi connectivity index (χ1v) is 7.66. The second kappa shape index (κ2) is 4.86. The standard InChI is InChI=1S/C14H15BrN4S/c1-4-9-12-13(18(3)17-9)19(14(20)16-12)10-7-5-6-8(2)11(10)15/h5-7H,4H2,1-3H3,(H,16,20). The lowest BCUT2D eigenvalue weighted by Crippen LogP contribution is -2.02. The molecule has 1 N–H and O–H groups in total. The number of H-pyrrole nitrogens is 1. The van der Waals surface area contributed by atoms with Crippen LogP contribution in [0.4, 0.5) is 0 Å². The first-order valence-electron chi connectivity index (χ1n) is 6.46. The second-order valence-electron chi connectivity index (χ2n) is 4.80. The zero-order valence-corrected chi connectivity index (χ0v) is 14.0. The molecule has 20 heavy (non-hydrogen) atoms. The number of nitrogens with one attached hydrogen (secondary N) is 1. The van der Waals surface area contributed by atoms with Crippen LogP contribution in [0.25, 0.3) is 16.9 Å². The third-order valence-electron chi connectivity index (χ3n) is 3.48. The topological polar surface area (TPSA) is 38.5 Å². The fraction of sp³-hybridized carbons (Fsp3) is 0.286. The normalized spacial score (nSPS) is 11.4. The van der Waals surface area contributed by atoms with Gasteiger partial charge < -0.3 is 4.98 Å². The van der Waals surface area contributed by atoms with Crippen LogP contribution in [0.15, 0.2) is 22.7 Å². The van der Waals surface area contributed by atoms with Crippen LogP contribution in [0.5, 0.6) is 0 Å². The van der Waals surface area contributed by atoms with E-state index in [9.17, 15) is 0 Å². The van der Waals surface area contributed by atoms with Crippen LogP contribution in [0, 0.1) is 11.7 Å². The summed E-state index contributed by atoms with van der Waals surface area (Å²) in [6.07, 6.45) is 0.877. The lowest BCUT2D eigenvalue weighted by atomic mass is 10.2. The molecule has 0 fully saturated rings. The van der Waals surface area contributed by atoms with Gasteiger partial charge in [0.2, 0.25) is 0 Å². The maximum absolute atomic E-state index is 5.50. The quantitative estimate of drug-likeness (QED) is 0.708. The SMILES string of the molecule is CCc1nn(C)c2c1[nH]c(=S)n2-c1cccc(C)c1Br. The van der Waals surface area contributed by atoms with Gasteiger partial charge in [-0.1, -0.05) is 19.1 Å². The Bertz CT molecular complexity index is 856. The average Bonchev–Trinajstić information content (AvgIpc) is 2.90. The van der Waals surface area contributed by atoms with Gasteiger partial charge in [0, 0.05) is 11.5 Å². The number of fused-ring (bicyclic) bond motifs is 1. The van der Waals surface area contributed by atoms with Gasteiger partial charge in [0.15, 0.2) is 10.4 Å². The van der Waals surface area contributed by atoms with Crippen molar-refractivity contribution in [2.75, 3.05) is 0 Å². The Labute approximate surface area is 130 Å². The third-order valence-corrected chi connectivity index (χ3v) is 4.80. The molecule has 0 radical (unpaired) electrons. The van der Waals surface area contributed by atoms with E-state index in [1.165, 1.54) is 5.56 Å². The minimum atomic E-state index is 0.689. The zero-order valence-electron chi connectivity index (χ0n) is 11.6. The summed E-state index contributed by atoms with van der Waals surface area (Å²) in [7, 11) is 1.95. The Morgan fingerprint density at radius 3 is 2.85 bits per heavy atom. The Kier molecular flexibility index (Phi) is 3.30. The minimum Gasteiger partial charge on any atom is -0.327 e. The molecule has 0 bridgehead atoms. The van der Waals surface area contributed by atoms with Crippen molar-refractivity contribution >= 4 is 39.3 Å². The highest BCUT2D eigenvalue weighted by Crippen LogP contribution is 2.29. The van der Waals surface area contributed by atoms with Crippen LogP contribution < -0.4 is 0 Å². The molecule has 0 aliphatic heterocycles. The smallest absolute Gasteiger partial charge is 0.184 e. The van der Waals surface area contributed by atoms with Gasteiger partial charge in [-0.15, -0.1) is 0 Å². The van der Waals surface area contributed by atoms with E-state index >= 15 is 0 Å². The summed E-state index contributed by atoms with van der Waals surface area (Å²) < 4.78 is 5.66. The van der Waals surface area contributed by atoms with Crippen LogP contribution in [-0.2, 0) is 13.5 Å². The first kappa shape index (κ1) is 13.6. The molecule has 0 saturated heterocycles. The molecule has 1 aromatic carbocycles. The van der Waals surface area contributed by atoms with Gasteiger partial charge in [-0.25, -0.2) is 4.68 Å². The molecule has 0 unspecified atom stereocenters. The Morgan fingerprint density at radius 1 is 1.40 bits per heavy atom. The molecular formula is C14H15BrN4S. The molecular weight excluding hydrogens is 336 g/mol. The third kappa shape index (κ3) is 1.86. The lowest BCUT2D eigenvalue weighted by molar-refractivity contribution is 0.748. The van der Waals surface area contributed by atoms with Gasteiger partial charge in [-0.2, -0.15) is 5.10 Å². The molecule has 0 aliphatic rings. The van der Waals surface area contributed by atoms with Crippen molar-refractivity contribution in [2.24, 2.45) is 7.05 Å². The van der Waals surface area contributed by atoms with E-state index in [1.807, 2.05) is 22.4 Å². The summed E-state index contributed by atoms with van der Waals surface area (Å²) in [6, 6.07) is 6.16. The van der Waals surface area contributed by atoms with E-state index in [0.717, 1.165) is 33.4 Å². The fourth-order valence-electron chi connectivity index (χ4n) is 2.49. The van der Waals surface area contributed by atoms with Gasteiger partial charge in [0.1, 0.15) is 5.52 Å².